The molecule has 0 unspecified atom stereocenters. The zero-order valence-electron chi connectivity index (χ0n) is 57.0. The molecule has 1 heterocycles. The van der Waals surface area contributed by atoms with Crippen LogP contribution in [0.25, 0.3) is 0 Å². The van der Waals surface area contributed by atoms with Crippen LogP contribution < -0.4 is 43.0 Å². The predicted octanol–water partition coefficient (Wildman–Crippen LogP) is 4.73. The van der Waals surface area contributed by atoms with Gasteiger partial charge in [0, 0.05) is 73.4 Å². The van der Waals surface area contributed by atoms with Crippen LogP contribution in [0.15, 0.2) is 67.3 Å². The lowest BCUT2D eigenvalue weighted by Crippen LogP contribution is -2.60. The molecule has 0 radical (unpaired) electrons. The Morgan fingerprint density at radius 1 is 0.710 bits per heavy atom. The second-order valence-corrected chi connectivity index (χ2v) is 24.8. The number of primary amides is 1. The molecule has 9 N–H and O–H groups in total. The summed E-state index contributed by atoms with van der Waals surface area (Å²) < 4.78 is 23.1. The van der Waals surface area contributed by atoms with Crippen molar-refractivity contribution in [3.63, 3.8) is 0 Å². The van der Waals surface area contributed by atoms with E-state index in [9.17, 15) is 52.7 Å². The summed E-state index contributed by atoms with van der Waals surface area (Å²) in [6, 6.07) is 8.42. The summed E-state index contributed by atoms with van der Waals surface area (Å²) in [5.74, 6) is -6.48. The third-order valence-corrected chi connectivity index (χ3v) is 16.9. The normalized spacial score (nSPS) is 16.1. The molecule has 1 aliphatic heterocycles. The number of rotatable bonds is 39. The fourth-order valence-corrected chi connectivity index (χ4v) is 11.4. The van der Waals surface area contributed by atoms with Gasteiger partial charge in [0.2, 0.25) is 47.3 Å². The number of amides is 11. The van der Waals surface area contributed by atoms with Crippen molar-refractivity contribution in [2.75, 3.05) is 60.4 Å². The van der Waals surface area contributed by atoms with Crippen molar-refractivity contribution >= 4 is 71.0 Å². The highest BCUT2D eigenvalue weighted by Gasteiger charge is 2.44. The van der Waals surface area contributed by atoms with Crippen LogP contribution in [0.3, 0.4) is 0 Å². The lowest BCUT2D eigenvalue weighted by Gasteiger charge is -2.41. The van der Waals surface area contributed by atoms with E-state index < -0.39 is 126 Å². The molecule has 0 saturated carbocycles. The van der Waals surface area contributed by atoms with Crippen LogP contribution in [-0.4, -0.2) is 190 Å². The molecule has 0 bridgehead atoms. The van der Waals surface area contributed by atoms with E-state index in [1.165, 1.54) is 44.2 Å². The van der Waals surface area contributed by atoms with Crippen LogP contribution in [0.2, 0.25) is 0 Å². The average molecular weight is 1300 g/mol. The van der Waals surface area contributed by atoms with Gasteiger partial charge in [-0.3, -0.25) is 43.3 Å². The molecule has 1 aliphatic rings. The molecule has 11 amide bonds. The molecule has 93 heavy (non-hydrogen) atoms. The van der Waals surface area contributed by atoms with Crippen molar-refractivity contribution in [1.82, 2.24) is 46.6 Å². The summed E-state index contributed by atoms with van der Waals surface area (Å²) in [4.78, 5) is 152. The van der Waals surface area contributed by atoms with Gasteiger partial charge in [0.15, 0.2) is 0 Å². The third kappa shape index (κ3) is 25.0. The molecular formula is C67H105N11O15. The summed E-state index contributed by atoms with van der Waals surface area (Å²) in [6.07, 6.45) is 1.68. The third-order valence-electron chi connectivity index (χ3n) is 16.9. The van der Waals surface area contributed by atoms with Gasteiger partial charge in [-0.15, -0.1) is 0 Å². The molecule has 0 spiro atoms. The molecule has 11 atom stereocenters. The molecule has 1 fully saturated rings. The Morgan fingerprint density at radius 2 is 1.34 bits per heavy atom. The van der Waals surface area contributed by atoms with Crippen molar-refractivity contribution in [1.29, 1.82) is 0 Å². The highest BCUT2D eigenvalue weighted by Crippen LogP contribution is 2.30. The lowest BCUT2D eigenvalue weighted by molar-refractivity contribution is -0.149. The molecule has 0 aromatic heterocycles. The highest BCUT2D eigenvalue weighted by molar-refractivity contribution is 5.98. The van der Waals surface area contributed by atoms with Gasteiger partial charge in [-0.1, -0.05) is 124 Å². The number of anilines is 1. The number of hydrogen-bond acceptors (Lipinski definition) is 15. The Hall–Kier alpha value is -8.13. The molecular weight excluding hydrogens is 1200 g/mol. The zero-order chi connectivity index (χ0) is 69.6. The van der Waals surface area contributed by atoms with Crippen LogP contribution in [0, 0.1) is 29.6 Å². The van der Waals surface area contributed by atoms with E-state index in [0.717, 1.165) is 5.56 Å². The quantitative estimate of drug-likeness (QED) is 0.0255. The first-order chi connectivity index (χ1) is 44.0. The number of carbonyl (C=O) groups excluding carboxylic acids is 11. The van der Waals surface area contributed by atoms with Crippen molar-refractivity contribution in [2.45, 2.75) is 188 Å². The van der Waals surface area contributed by atoms with Gasteiger partial charge in [-0.2, -0.15) is 0 Å². The van der Waals surface area contributed by atoms with Gasteiger partial charge in [0.05, 0.1) is 36.6 Å². The SMILES string of the molecule is C=CCOC(=O)[C@H](Cc1ccccc1)NC(=O)[C@H](C)[C@@H](OC)[C@@H]1CCCN1C(=O)C[C@@H](OC)[C@H]([C@@H](C)CC)N(C)C(=O)[C@@H](NC(=O)[C@H](C(C)C)N(C)C(=O)OCc1ccc(NC(=O)[C@H](CCCNC(N)=O)NC(=O)[C@@H](NC(=O)CCCC(=O)NC)C(C)C)cc1)C(C)C. The highest BCUT2D eigenvalue weighted by atomic mass is 16.6. The van der Waals surface area contributed by atoms with Crippen LogP contribution in [0.5, 0.6) is 0 Å². The number of nitrogens with two attached hydrogens (primary N) is 1. The number of nitrogens with zero attached hydrogens (tertiary/aromatic N) is 3. The second-order valence-electron chi connectivity index (χ2n) is 24.8. The summed E-state index contributed by atoms with van der Waals surface area (Å²) in [7, 11) is 7.52. The van der Waals surface area contributed by atoms with Gasteiger partial charge in [-0.05, 0) is 79.0 Å². The van der Waals surface area contributed by atoms with Gasteiger partial charge in [-0.25, -0.2) is 14.4 Å². The second kappa shape index (κ2) is 40.1. The van der Waals surface area contributed by atoms with Gasteiger partial charge in [0.25, 0.3) is 0 Å². The molecule has 518 valence electrons. The van der Waals surface area contributed by atoms with Crippen LogP contribution in [0.1, 0.15) is 131 Å². The first-order valence-corrected chi connectivity index (χ1v) is 32.2. The maximum absolute atomic E-state index is 14.8. The molecule has 3 rings (SSSR count). The fraction of sp³-hybridized carbons (Fsp3) is 0.627. The first-order valence-electron chi connectivity index (χ1n) is 32.2. The molecule has 2 aromatic carbocycles. The Labute approximate surface area is 549 Å². The van der Waals surface area contributed by atoms with Gasteiger partial charge < -0.3 is 71.7 Å². The minimum atomic E-state index is -1.11. The van der Waals surface area contributed by atoms with E-state index in [2.05, 4.69) is 43.8 Å². The fourth-order valence-electron chi connectivity index (χ4n) is 11.4. The minimum absolute atomic E-state index is 0.00626. The number of likely N-dealkylation sites (tertiary alicyclic amines) is 1. The maximum atomic E-state index is 14.8. The Bertz CT molecular complexity index is 2790. The maximum Gasteiger partial charge on any atom is 0.410 e. The number of methoxy groups -OCH3 is 2. The summed E-state index contributed by atoms with van der Waals surface area (Å²) >= 11 is 0. The summed E-state index contributed by atoms with van der Waals surface area (Å²) in [5.41, 5.74) is 6.90. The molecule has 2 aromatic rings. The number of likely N-dealkylation sites (N-methyl/N-ethyl adjacent to an activating group) is 2. The van der Waals surface area contributed by atoms with Gasteiger partial charge >= 0.3 is 18.1 Å². The van der Waals surface area contributed by atoms with Crippen molar-refractivity contribution in [2.24, 2.45) is 35.3 Å². The standard InChI is InChI=1S/C67H105N11O15/c1-16-36-92-65(87)49(37-45-24-19-18-20-25-45)73-60(82)44(10)59(91-15)50-27-23-35-78(50)54(81)38-51(90-14)58(43(9)17-2)76(12)64(86)56(41(5)6)75-63(85)57(42(7)8)77(13)67(89)93-39-46-30-32-47(33-31-46)71-61(83)48(26-22-34-70-66(68)88)72-62(84)55(40(3)4)74-53(80)29-21-28-52(79)69-11/h16,18-20,24-25,30-33,40-44,48-51,55-59H,1,17,21-23,26-29,34-39H2,2-15H3,(H,69,79)(H,71,83)(H,72,84)(H,73,82)(H,74,80)(H,75,85)(H3,68,70,88)/t43-,44+,48-,49-,50-,51+,55-,56-,57-,58-,59+/m0/s1. The Morgan fingerprint density at radius 3 is 1.91 bits per heavy atom. The Balaban J connectivity index is 1.73. The zero-order valence-corrected chi connectivity index (χ0v) is 57.0. The van der Waals surface area contributed by atoms with Gasteiger partial charge in [0.1, 0.15) is 43.4 Å². The predicted molar refractivity (Wildman–Crippen MR) is 351 cm³/mol. The topological polar surface area (TPSA) is 345 Å². The summed E-state index contributed by atoms with van der Waals surface area (Å²) in [5, 5.41) is 19.0. The van der Waals surface area contributed by atoms with E-state index in [4.69, 9.17) is 24.7 Å². The molecule has 1 saturated heterocycles. The molecule has 26 nitrogen and oxygen atoms in total. The molecule has 0 aliphatic carbocycles. The van der Waals surface area contributed by atoms with Crippen LogP contribution in [-0.2, 0) is 75.1 Å². The number of benzene rings is 2. The number of urea groups is 1. The monoisotopic (exact) mass is 1300 g/mol. The largest absolute Gasteiger partial charge is 0.460 e. The summed E-state index contributed by atoms with van der Waals surface area (Å²) in [6.45, 7) is 20.1. The van der Waals surface area contributed by atoms with E-state index in [-0.39, 0.29) is 88.4 Å². The van der Waals surface area contributed by atoms with E-state index >= 15 is 0 Å². The van der Waals surface area contributed by atoms with E-state index in [1.807, 2.05) is 44.2 Å². The van der Waals surface area contributed by atoms with Crippen molar-refractivity contribution in [3.8, 4) is 0 Å². The van der Waals surface area contributed by atoms with E-state index in [1.54, 1.807) is 84.7 Å². The molecule has 26 heteroatoms. The smallest absolute Gasteiger partial charge is 0.410 e. The number of esters is 1. The number of ether oxygens (including phenoxy) is 4. The average Bonchev–Trinajstić information content (AvgIpc) is 1.92. The lowest BCUT2D eigenvalue weighted by atomic mass is 9.89. The van der Waals surface area contributed by atoms with Crippen molar-refractivity contribution < 1.29 is 71.7 Å². The number of nitrogens with one attached hydrogen (secondary N) is 7. The van der Waals surface area contributed by atoms with Crippen molar-refractivity contribution in [3.05, 3.63) is 78.4 Å². The van der Waals surface area contributed by atoms with E-state index in [0.29, 0.717) is 37.1 Å². The van der Waals surface area contributed by atoms with Crippen LogP contribution in [0.4, 0.5) is 15.3 Å². The first kappa shape index (κ1) is 79.1. The Kier molecular flexibility index (Phi) is 34.1. The number of carbonyl (C=O) groups is 11. The van der Waals surface area contributed by atoms with Crippen LogP contribution >= 0.6 is 0 Å². The number of hydrogen-bond donors (Lipinski definition) is 8. The minimum Gasteiger partial charge on any atom is -0.460 e.